The number of pyridine rings is 1. The van der Waals surface area contributed by atoms with Gasteiger partial charge < -0.3 is 4.42 Å². The molecule has 5 rings (SSSR count). The predicted molar refractivity (Wildman–Crippen MR) is 95.2 cm³/mol. The van der Waals surface area contributed by atoms with Gasteiger partial charge in [0.2, 0.25) is 5.89 Å². The van der Waals surface area contributed by atoms with Gasteiger partial charge in [-0.1, -0.05) is 12.1 Å². The zero-order chi connectivity index (χ0) is 16.6. The lowest BCUT2D eigenvalue weighted by Gasteiger charge is -2.21. The summed E-state index contributed by atoms with van der Waals surface area (Å²) in [5, 5.41) is 10.8. The molecule has 5 heterocycles. The van der Waals surface area contributed by atoms with Gasteiger partial charge in [0.1, 0.15) is 6.26 Å². The number of oxazole rings is 1. The lowest BCUT2D eigenvalue weighted by atomic mass is 10.2. The fourth-order valence-electron chi connectivity index (χ4n) is 3.50. The van der Waals surface area contributed by atoms with Gasteiger partial charge >= 0.3 is 0 Å². The molecule has 0 saturated carbocycles. The summed E-state index contributed by atoms with van der Waals surface area (Å²) in [6.07, 6.45) is 6.05. The lowest BCUT2D eigenvalue weighted by Crippen LogP contribution is -2.24. The van der Waals surface area contributed by atoms with Crippen molar-refractivity contribution >= 4 is 17.0 Å². The highest BCUT2D eigenvalue weighted by atomic mass is 32.1. The maximum Gasteiger partial charge on any atom is 0.236 e. The maximum absolute atomic E-state index is 5.65. The Morgan fingerprint density at radius 3 is 3.12 bits per heavy atom. The number of likely N-dealkylation sites (tertiary alicyclic amines) is 1. The Hall–Kier alpha value is -2.51. The molecule has 0 radical (unpaired) electrons. The van der Waals surface area contributed by atoms with Crippen molar-refractivity contribution in [3.05, 3.63) is 59.7 Å². The summed E-state index contributed by atoms with van der Waals surface area (Å²) in [7, 11) is 0. The van der Waals surface area contributed by atoms with Crippen LogP contribution in [-0.2, 0) is 6.54 Å². The molecule has 6 nitrogen and oxygen atoms in total. The second kappa shape index (κ2) is 6.09. The average molecular weight is 351 g/mol. The lowest BCUT2D eigenvalue weighted by molar-refractivity contribution is 0.236. The number of hydrogen-bond donors (Lipinski definition) is 0. The van der Waals surface area contributed by atoms with Crippen LogP contribution in [0.15, 0.2) is 52.6 Å². The topological polar surface area (TPSA) is 59.5 Å². The summed E-state index contributed by atoms with van der Waals surface area (Å²) in [6.45, 7) is 1.80. The molecule has 4 aromatic rings. The minimum absolute atomic E-state index is 0.263. The molecular weight excluding hydrogens is 334 g/mol. The third-order valence-corrected chi connectivity index (χ3v) is 5.51. The van der Waals surface area contributed by atoms with Gasteiger partial charge in [-0.2, -0.15) is 0 Å². The van der Waals surface area contributed by atoms with Crippen molar-refractivity contribution in [1.29, 1.82) is 0 Å². The predicted octanol–water partition coefficient (Wildman–Crippen LogP) is 3.78. The number of aromatic nitrogens is 4. The molecule has 0 N–H and O–H groups in total. The Balaban J connectivity index is 1.40. The third kappa shape index (κ3) is 2.65. The fourth-order valence-corrected chi connectivity index (χ4v) is 4.15. The van der Waals surface area contributed by atoms with Crippen LogP contribution in [-0.4, -0.2) is 31.0 Å². The van der Waals surface area contributed by atoms with Crippen molar-refractivity contribution in [3.63, 3.8) is 0 Å². The first-order valence-corrected chi connectivity index (χ1v) is 9.28. The molecule has 0 aromatic carbocycles. The molecule has 0 aliphatic carbocycles. The number of nitrogens with zero attached hydrogens (tertiary/aromatic N) is 5. The largest absolute Gasteiger partial charge is 0.444 e. The van der Waals surface area contributed by atoms with Crippen LogP contribution in [0.3, 0.4) is 0 Å². The minimum Gasteiger partial charge on any atom is -0.444 e. The monoisotopic (exact) mass is 351 g/mol. The second-order valence-electron chi connectivity index (χ2n) is 6.24. The molecule has 1 atom stereocenters. The minimum atomic E-state index is 0.263. The van der Waals surface area contributed by atoms with Gasteiger partial charge in [0.25, 0.3) is 0 Å². The molecule has 1 aliphatic rings. The first-order valence-electron chi connectivity index (χ1n) is 8.40. The van der Waals surface area contributed by atoms with Crippen LogP contribution >= 0.6 is 11.3 Å². The van der Waals surface area contributed by atoms with Gasteiger partial charge in [0, 0.05) is 12.7 Å². The van der Waals surface area contributed by atoms with Crippen molar-refractivity contribution in [2.24, 2.45) is 0 Å². The first-order chi connectivity index (χ1) is 12.4. The maximum atomic E-state index is 5.65. The van der Waals surface area contributed by atoms with Gasteiger partial charge in [0.15, 0.2) is 11.5 Å². The Kier molecular flexibility index (Phi) is 3.61. The van der Waals surface area contributed by atoms with Crippen molar-refractivity contribution < 1.29 is 4.42 Å². The number of thiophene rings is 1. The highest BCUT2D eigenvalue weighted by Gasteiger charge is 2.30. The molecule has 4 aromatic heterocycles. The van der Waals surface area contributed by atoms with Gasteiger partial charge in [-0.25, -0.2) is 4.98 Å². The van der Waals surface area contributed by atoms with Crippen molar-refractivity contribution in [3.8, 4) is 10.8 Å². The SMILES string of the molecule is c1csc(-c2nc(CN3CCC[C@H]3c3nnc4ccccn34)co2)c1. The average Bonchev–Trinajstić information content (AvgIpc) is 3.42. The summed E-state index contributed by atoms with van der Waals surface area (Å²) in [6, 6.07) is 10.3. The normalized spacial score (nSPS) is 18.3. The molecule has 0 amide bonds. The molecule has 0 unspecified atom stereocenters. The van der Waals surface area contributed by atoms with E-state index in [4.69, 9.17) is 4.42 Å². The summed E-state index contributed by atoms with van der Waals surface area (Å²) in [4.78, 5) is 8.13. The number of fused-ring (bicyclic) bond motifs is 1. The number of rotatable bonds is 4. The van der Waals surface area contributed by atoms with Crippen LogP contribution in [0.4, 0.5) is 0 Å². The Morgan fingerprint density at radius 2 is 2.20 bits per heavy atom. The summed E-state index contributed by atoms with van der Waals surface area (Å²) >= 11 is 1.64. The van der Waals surface area contributed by atoms with Gasteiger partial charge in [-0.15, -0.1) is 21.5 Å². The van der Waals surface area contributed by atoms with E-state index in [1.807, 2.05) is 41.9 Å². The highest BCUT2D eigenvalue weighted by Crippen LogP contribution is 2.33. The van der Waals surface area contributed by atoms with Crippen LogP contribution in [0.1, 0.15) is 30.4 Å². The van der Waals surface area contributed by atoms with Gasteiger partial charge in [-0.3, -0.25) is 9.30 Å². The van der Waals surface area contributed by atoms with E-state index in [-0.39, 0.29) is 6.04 Å². The molecular formula is C18H17N5OS. The zero-order valence-corrected chi connectivity index (χ0v) is 14.4. The molecule has 25 heavy (non-hydrogen) atoms. The Bertz CT molecular complexity index is 990. The molecule has 126 valence electrons. The highest BCUT2D eigenvalue weighted by molar-refractivity contribution is 7.13. The second-order valence-corrected chi connectivity index (χ2v) is 7.18. The molecule has 7 heteroatoms. The molecule has 1 aliphatic heterocycles. The van der Waals surface area contributed by atoms with Crippen LogP contribution in [0.5, 0.6) is 0 Å². The summed E-state index contributed by atoms with van der Waals surface area (Å²) in [5.41, 5.74) is 1.86. The standard InChI is InChI=1S/C18H17N5OS/c1-2-9-23-16(7-1)20-21-17(23)14-5-3-8-22(14)11-13-12-24-18(19-13)15-6-4-10-25-15/h1-2,4,6-7,9-10,12,14H,3,5,8,11H2/t14-/m0/s1. The van der Waals surface area contributed by atoms with Crippen LogP contribution in [0.2, 0.25) is 0 Å². The molecule has 1 saturated heterocycles. The molecule has 0 spiro atoms. The van der Waals surface area contributed by atoms with Crippen molar-refractivity contribution in [1.82, 2.24) is 24.5 Å². The van der Waals surface area contributed by atoms with Crippen LogP contribution in [0.25, 0.3) is 16.4 Å². The first kappa shape index (κ1) is 14.8. The molecule has 1 fully saturated rings. The van der Waals surface area contributed by atoms with E-state index >= 15 is 0 Å². The van der Waals surface area contributed by atoms with Gasteiger partial charge in [-0.05, 0) is 43.0 Å². The van der Waals surface area contributed by atoms with E-state index in [9.17, 15) is 0 Å². The van der Waals surface area contributed by atoms with Gasteiger partial charge in [0.05, 0.1) is 16.6 Å². The summed E-state index contributed by atoms with van der Waals surface area (Å²) < 4.78 is 7.74. The Morgan fingerprint density at radius 1 is 1.20 bits per heavy atom. The smallest absolute Gasteiger partial charge is 0.236 e. The third-order valence-electron chi connectivity index (χ3n) is 4.65. The van der Waals surface area contributed by atoms with E-state index in [1.54, 1.807) is 17.6 Å². The van der Waals surface area contributed by atoms with E-state index in [0.29, 0.717) is 5.89 Å². The fraction of sp³-hybridized carbons (Fsp3) is 0.278. The van der Waals surface area contributed by atoms with Crippen molar-refractivity contribution in [2.45, 2.75) is 25.4 Å². The van der Waals surface area contributed by atoms with E-state index < -0.39 is 0 Å². The van der Waals surface area contributed by atoms with Crippen LogP contribution in [0, 0.1) is 0 Å². The quantitative estimate of drug-likeness (QED) is 0.560. The van der Waals surface area contributed by atoms with E-state index in [2.05, 4.69) is 24.5 Å². The summed E-state index contributed by atoms with van der Waals surface area (Å²) in [5.74, 6) is 1.71. The molecule has 0 bridgehead atoms. The zero-order valence-electron chi connectivity index (χ0n) is 13.6. The van der Waals surface area contributed by atoms with E-state index in [0.717, 1.165) is 48.0 Å². The number of hydrogen-bond acceptors (Lipinski definition) is 6. The Labute approximate surface area is 148 Å². The van der Waals surface area contributed by atoms with Crippen LogP contribution < -0.4 is 0 Å². The van der Waals surface area contributed by atoms with E-state index in [1.165, 1.54) is 0 Å². The van der Waals surface area contributed by atoms with Crippen molar-refractivity contribution in [2.75, 3.05) is 6.54 Å².